The maximum Gasteiger partial charge on any atom is 0.290 e. The van der Waals surface area contributed by atoms with E-state index in [1.807, 2.05) is 64.1 Å². The van der Waals surface area contributed by atoms with Crippen LogP contribution in [0.4, 0.5) is 0 Å². The molecule has 1 atom stereocenters. The number of nitrogens with zero attached hydrogens (tertiary/aromatic N) is 1. The molecule has 1 aliphatic heterocycles. The van der Waals surface area contributed by atoms with E-state index >= 15 is 0 Å². The summed E-state index contributed by atoms with van der Waals surface area (Å²) in [7, 11) is 1.61. The molecule has 0 saturated heterocycles. The van der Waals surface area contributed by atoms with Crippen molar-refractivity contribution in [2.24, 2.45) is 0 Å². The Morgan fingerprint density at radius 3 is 2.41 bits per heavy atom. The lowest BCUT2D eigenvalue weighted by Crippen LogP contribution is -2.31. The van der Waals surface area contributed by atoms with Gasteiger partial charge in [0.2, 0.25) is 5.76 Å². The standard InChI is InChI=1S/C26H29NO5/c1-15(2)31-12-6-11-27-23(18-7-9-19(30-5)10-8-18)22-24(28)20-13-16(3)17(4)14-21(20)32-25(22)26(27)29/h7-10,13-15,23H,6,11-12H2,1-5H3. The van der Waals surface area contributed by atoms with Gasteiger partial charge in [0.1, 0.15) is 11.3 Å². The highest BCUT2D eigenvalue weighted by Gasteiger charge is 2.42. The topological polar surface area (TPSA) is 69.0 Å². The second-order valence-corrected chi connectivity index (χ2v) is 8.55. The first kappa shape index (κ1) is 22.1. The Balaban J connectivity index is 1.83. The number of carbonyl (C=O) groups excluding carboxylic acids is 1. The number of benzene rings is 2. The van der Waals surface area contributed by atoms with Crippen LogP contribution in [0, 0.1) is 13.8 Å². The SMILES string of the molecule is COc1ccc(C2c3c(oc4cc(C)c(C)cc4c3=O)C(=O)N2CCCOC(C)C)cc1. The number of hydrogen-bond acceptors (Lipinski definition) is 5. The lowest BCUT2D eigenvalue weighted by atomic mass is 9.97. The van der Waals surface area contributed by atoms with E-state index in [-0.39, 0.29) is 23.2 Å². The average molecular weight is 436 g/mol. The van der Waals surface area contributed by atoms with Crippen LogP contribution < -0.4 is 10.2 Å². The Morgan fingerprint density at radius 2 is 1.75 bits per heavy atom. The maximum atomic E-state index is 13.6. The summed E-state index contributed by atoms with van der Waals surface area (Å²) in [5.74, 6) is 0.589. The van der Waals surface area contributed by atoms with E-state index in [9.17, 15) is 9.59 Å². The van der Waals surface area contributed by atoms with Crippen LogP contribution in [0.5, 0.6) is 5.75 Å². The van der Waals surface area contributed by atoms with Gasteiger partial charge >= 0.3 is 0 Å². The molecule has 6 heteroatoms. The van der Waals surface area contributed by atoms with E-state index in [2.05, 4.69) is 0 Å². The van der Waals surface area contributed by atoms with Gasteiger partial charge in [0.05, 0.1) is 30.2 Å². The van der Waals surface area contributed by atoms with Crippen LogP contribution in [0.25, 0.3) is 11.0 Å². The van der Waals surface area contributed by atoms with Crippen molar-refractivity contribution in [3.8, 4) is 5.75 Å². The van der Waals surface area contributed by atoms with Crippen molar-refractivity contribution >= 4 is 16.9 Å². The molecule has 168 valence electrons. The fraction of sp³-hybridized carbons (Fsp3) is 0.385. The van der Waals surface area contributed by atoms with E-state index in [4.69, 9.17) is 13.9 Å². The highest BCUT2D eigenvalue weighted by molar-refractivity contribution is 5.99. The van der Waals surface area contributed by atoms with E-state index in [0.29, 0.717) is 41.9 Å². The van der Waals surface area contributed by atoms with Crippen molar-refractivity contribution in [1.82, 2.24) is 4.90 Å². The van der Waals surface area contributed by atoms with E-state index in [0.717, 1.165) is 16.7 Å². The van der Waals surface area contributed by atoms with Crippen LogP contribution in [-0.4, -0.2) is 37.2 Å². The maximum absolute atomic E-state index is 13.6. The van der Waals surface area contributed by atoms with E-state index in [1.165, 1.54) is 0 Å². The van der Waals surface area contributed by atoms with Gasteiger partial charge in [-0.1, -0.05) is 12.1 Å². The Morgan fingerprint density at radius 1 is 1.06 bits per heavy atom. The summed E-state index contributed by atoms with van der Waals surface area (Å²) in [5.41, 5.74) is 3.57. The monoisotopic (exact) mass is 435 g/mol. The van der Waals surface area contributed by atoms with Gasteiger partial charge in [-0.3, -0.25) is 9.59 Å². The lowest BCUT2D eigenvalue weighted by molar-refractivity contribution is 0.0593. The summed E-state index contributed by atoms with van der Waals surface area (Å²) < 4.78 is 17.0. The molecule has 2 aromatic carbocycles. The van der Waals surface area contributed by atoms with Crippen LogP contribution >= 0.6 is 0 Å². The van der Waals surface area contributed by atoms with Crippen molar-refractivity contribution in [2.45, 2.75) is 46.3 Å². The molecule has 6 nitrogen and oxygen atoms in total. The Bertz CT molecular complexity index is 1210. The number of aryl methyl sites for hydroxylation is 2. The number of ether oxygens (including phenoxy) is 2. The van der Waals surface area contributed by atoms with Crippen LogP contribution in [0.15, 0.2) is 45.6 Å². The minimum atomic E-state index is -0.510. The highest BCUT2D eigenvalue weighted by atomic mass is 16.5. The second kappa shape index (κ2) is 8.79. The number of amides is 1. The number of hydrogen-bond donors (Lipinski definition) is 0. The largest absolute Gasteiger partial charge is 0.497 e. The molecule has 1 aromatic heterocycles. The van der Waals surface area contributed by atoms with Crippen molar-refractivity contribution in [3.63, 3.8) is 0 Å². The van der Waals surface area contributed by atoms with Crippen LogP contribution in [-0.2, 0) is 4.74 Å². The van der Waals surface area contributed by atoms with Crippen molar-refractivity contribution < 1.29 is 18.7 Å². The summed E-state index contributed by atoms with van der Waals surface area (Å²) in [4.78, 5) is 28.7. The average Bonchev–Trinajstić information content (AvgIpc) is 3.05. The van der Waals surface area contributed by atoms with Gasteiger partial charge in [0, 0.05) is 13.2 Å². The van der Waals surface area contributed by atoms with Gasteiger partial charge in [0.15, 0.2) is 5.43 Å². The summed E-state index contributed by atoms with van der Waals surface area (Å²) in [6.07, 6.45) is 0.787. The van der Waals surface area contributed by atoms with Gasteiger partial charge in [0.25, 0.3) is 5.91 Å². The van der Waals surface area contributed by atoms with Crippen LogP contribution in [0.1, 0.15) is 59.1 Å². The third kappa shape index (κ3) is 3.91. The quantitative estimate of drug-likeness (QED) is 0.500. The van der Waals surface area contributed by atoms with E-state index in [1.54, 1.807) is 12.0 Å². The summed E-state index contributed by atoms with van der Waals surface area (Å²) in [5, 5.41) is 0.503. The molecule has 32 heavy (non-hydrogen) atoms. The molecule has 0 spiro atoms. The Hall–Kier alpha value is -3.12. The molecule has 2 heterocycles. The first-order valence-electron chi connectivity index (χ1n) is 11.0. The zero-order valence-corrected chi connectivity index (χ0v) is 19.2. The molecule has 1 amide bonds. The zero-order valence-electron chi connectivity index (χ0n) is 19.2. The molecule has 0 bridgehead atoms. The number of rotatable bonds is 7. The molecule has 1 aliphatic rings. The van der Waals surface area contributed by atoms with Gasteiger partial charge in [-0.05, 0) is 75.1 Å². The van der Waals surface area contributed by atoms with Gasteiger partial charge < -0.3 is 18.8 Å². The smallest absolute Gasteiger partial charge is 0.290 e. The summed E-state index contributed by atoms with van der Waals surface area (Å²) >= 11 is 0. The lowest BCUT2D eigenvalue weighted by Gasteiger charge is -2.25. The predicted molar refractivity (Wildman–Crippen MR) is 124 cm³/mol. The van der Waals surface area contributed by atoms with Crippen molar-refractivity contribution in [1.29, 1.82) is 0 Å². The predicted octanol–water partition coefficient (Wildman–Crippen LogP) is 4.78. The molecule has 0 N–H and O–H groups in total. The number of fused-ring (bicyclic) bond motifs is 2. The molecule has 0 radical (unpaired) electrons. The van der Waals surface area contributed by atoms with Crippen LogP contribution in [0.3, 0.4) is 0 Å². The van der Waals surface area contributed by atoms with Crippen LogP contribution in [0.2, 0.25) is 0 Å². The Kier molecular flexibility index (Phi) is 6.07. The minimum Gasteiger partial charge on any atom is -0.497 e. The number of methoxy groups -OCH3 is 1. The molecule has 0 saturated carbocycles. The molecule has 1 unspecified atom stereocenters. The van der Waals surface area contributed by atoms with E-state index < -0.39 is 6.04 Å². The van der Waals surface area contributed by atoms with Crippen molar-refractivity contribution in [3.05, 3.63) is 74.6 Å². The summed E-state index contributed by atoms with van der Waals surface area (Å²) in [6.45, 7) is 8.89. The van der Waals surface area contributed by atoms with Gasteiger partial charge in [-0.2, -0.15) is 0 Å². The van der Waals surface area contributed by atoms with Crippen molar-refractivity contribution in [2.75, 3.05) is 20.3 Å². The normalized spacial score (nSPS) is 15.6. The van der Waals surface area contributed by atoms with Gasteiger partial charge in [-0.25, -0.2) is 0 Å². The minimum absolute atomic E-state index is 0.124. The molecule has 0 fully saturated rings. The zero-order chi connectivity index (χ0) is 23.0. The first-order chi connectivity index (χ1) is 15.3. The molecule has 4 rings (SSSR count). The molecule has 3 aromatic rings. The third-order valence-corrected chi connectivity index (χ3v) is 6.01. The highest BCUT2D eigenvalue weighted by Crippen LogP contribution is 2.39. The Labute approximate surface area is 187 Å². The molecular weight excluding hydrogens is 406 g/mol. The first-order valence-corrected chi connectivity index (χ1v) is 11.0. The third-order valence-electron chi connectivity index (χ3n) is 6.01. The summed E-state index contributed by atoms with van der Waals surface area (Å²) in [6, 6.07) is 10.7. The molecule has 0 aliphatic carbocycles. The van der Waals surface area contributed by atoms with Gasteiger partial charge in [-0.15, -0.1) is 0 Å². The number of carbonyl (C=O) groups is 1. The fourth-order valence-corrected chi connectivity index (χ4v) is 4.19. The second-order valence-electron chi connectivity index (χ2n) is 8.55. The fourth-order valence-electron chi connectivity index (χ4n) is 4.19. The molecular formula is C26H29NO5.